The van der Waals surface area contributed by atoms with Crippen LogP contribution in [-0.4, -0.2) is 44.3 Å². The Morgan fingerprint density at radius 3 is 2.05 bits per heavy atom. The van der Waals surface area contributed by atoms with E-state index in [-0.39, 0.29) is 29.7 Å². The molecule has 0 heterocycles. The van der Waals surface area contributed by atoms with E-state index in [1.807, 2.05) is 75.4 Å². The second-order valence-corrected chi connectivity index (χ2v) is 14.3. The van der Waals surface area contributed by atoms with Crippen molar-refractivity contribution in [3.05, 3.63) is 129 Å². The first-order valence-electron chi connectivity index (χ1n) is 14.5. The third-order valence-corrected chi connectivity index (χ3v) is 9.62. The van der Waals surface area contributed by atoms with E-state index in [0.717, 1.165) is 24.6 Å². The molecule has 4 rings (SSSR count). The second kappa shape index (κ2) is 15.3. The number of benzene rings is 4. The minimum atomic E-state index is -4.12. The van der Waals surface area contributed by atoms with Crippen LogP contribution < -0.4 is 9.62 Å². The average Bonchev–Trinajstić information content (AvgIpc) is 3.01. The number of hydrogen-bond donors (Lipinski definition) is 1. The minimum Gasteiger partial charge on any atom is -0.354 e. The first-order chi connectivity index (χ1) is 21.0. The van der Waals surface area contributed by atoms with E-state index in [9.17, 15) is 18.0 Å². The zero-order chi connectivity index (χ0) is 31.7. The van der Waals surface area contributed by atoms with Crippen molar-refractivity contribution in [2.24, 2.45) is 5.92 Å². The van der Waals surface area contributed by atoms with Gasteiger partial charge in [0.1, 0.15) is 12.6 Å². The van der Waals surface area contributed by atoms with Crippen molar-refractivity contribution in [2.45, 2.75) is 44.7 Å². The molecule has 4 aromatic carbocycles. The summed E-state index contributed by atoms with van der Waals surface area (Å²) in [4.78, 5) is 29.9. The van der Waals surface area contributed by atoms with Gasteiger partial charge in [-0.3, -0.25) is 13.9 Å². The van der Waals surface area contributed by atoms with Gasteiger partial charge in [-0.1, -0.05) is 92.2 Å². The molecule has 44 heavy (non-hydrogen) atoms. The molecule has 4 aromatic rings. The van der Waals surface area contributed by atoms with Gasteiger partial charge >= 0.3 is 0 Å². The van der Waals surface area contributed by atoms with Crippen molar-refractivity contribution in [1.82, 2.24) is 10.2 Å². The van der Waals surface area contributed by atoms with Crippen molar-refractivity contribution < 1.29 is 18.0 Å². The van der Waals surface area contributed by atoms with Crippen LogP contribution in [-0.2, 0) is 32.6 Å². The van der Waals surface area contributed by atoms with Gasteiger partial charge in [-0.25, -0.2) is 8.42 Å². The molecule has 0 aliphatic carbocycles. The topological polar surface area (TPSA) is 86.8 Å². The third kappa shape index (κ3) is 8.92. The summed E-state index contributed by atoms with van der Waals surface area (Å²) in [6.45, 7) is 6.10. The van der Waals surface area contributed by atoms with Gasteiger partial charge in [0.25, 0.3) is 10.0 Å². The van der Waals surface area contributed by atoms with Crippen LogP contribution in [0.3, 0.4) is 0 Å². The summed E-state index contributed by atoms with van der Waals surface area (Å²) in [5, 5.41) is 3.02. The monoisotopic (exact) mass is 723 g/mol. The van der Waals surface area contributed by atoms with Crippen LogP contribution in [0.4, 0.5) is 5.69 Å². The SMILES string of the molecule is Cc1cccc(CN(C(=O)CN(c2ccc(I)cc2)S(=O)(=O)c2ccccc2)[C@H](Cc2ccccc2)C(=O)NCC(C)C)c1. The molecule has 0 aromatic heterocycles. The van der Waals surface area contributed by atoms with Crippen molar-refractivity contribution in [1.29, 1.82) is 0 Å². The highest BCUT2D eigenvalue weighted by Crippen LogP contribution is 2.26. The van der Waals surface area contributed by atoms with Crippen molar-refractivity contribution >= 4 is 50.1 Å². The predicted octanol–water partition coefficient (Wildman–Crippen LogP) is 6.21. The minimum absolute atomic E-state index is 0.0760. The van der Waals surface area contributed by atoms with Crippen LogP contribution in [0.15, 0.2) is 114 Å². The van der Waals surface area contributed by atoms with Crippen molar-refractivity contribution in [3.8, 4) is 0 Å². The quantitative estimate of drug-likeness (QED) is 0.167. The maximum Gasteiger partial charge on any atom is 0.264 e. The zero-order valence-corrected chi connectivity index (χ0v) is 28.2. The van der Waals surface area contributed by atoms with Gasteiger partial charge in [0.15, 0.2) is 0 Å². The lowest BCUT2D eigenvalue weighted by Gasteiger charge is -2.34. The van der Waals surface area contributed by atoms with E-state index in [2.05, 4.69) is 27.9 Å². The number of nitrogens with zero attached hydrogens (tertiary/aromatic N) is 2. The highest BCUT2D eigenvalue weighted by atomic mass is 127. The maximum absolute atomic E-state index is 14.5. The van der Waals surface area contributed by atoms with Gasteiger partial charge in [0.05, 0.1) is 10.6 Å². The highest BCUT2D eigenvalue weighted by Gasteiger charge is 2.34. The summed E-state index contributed by atoms with van der Waals surface area (Å²) < 4.78 is 30.1. The lowest BCUT2D eigenvalue weighted by atomic mass is 10.0. The van der Waals surface area contributed by atoms with Crippen LogP contribution in [0.1, 0.15) is 30.5 Å². The van der Waals surface area contributed by atoms with Crippen molar-refractivity contribution in [2.75, 3.05) is 17.4 Å². The smallest absolute Gasteiger partial charge is 0.264 e. The van der Waals surface area contributed by atoms with E-state index in [4.69, 9.17) is 0 Å². The summed E-state index contributed by atoms with van der Waals surface area (Å²) in [6.07, 6.45) is 0.275. The van der Waals surface area contributed by atoms with E-state index >= 15 is 0 Å². The predicted molar refractivity (Wildman–Crippen MR) is 184 cm³/mol. The van der Waals surface area contributed by atoms with Gasteiger partial charge in [-0.2, -0.15) is 0 Å². The Morgan fingerprint density at radius 1 is 0.818 bits per heavy atom. The summed E-state index contributed by atoms with van der Waals surface area (Å²) in [5.41, 5.74) is 3.12. The number of amides is 2. The Labute approximate surface area is 274 Å². The maximum atomic E-state index is 14.5. The molecule has 0 saturated heterocycles. The molecule has 0 spiro atoms. The van der Waals surface area contributed by atoms with Crippen LogP contribution in [0, 0.1) is 16.4 Å². The first-order valence-corrected chi connectivity index (χ1v) is 17.1. The fraction of sp³-hybridized carbons (Fsp3) is 0.257. The molecular weight excluding hydrogens is 685 g/mol. The molecule has 0 unspecified atom stereocenters. The molecule has 0 aliphatic rings. The molecule has 0 aliphatic heterocycles. The van der Waals surface area contributed by atoms with E-state index < -0.39 is 28.5 Å². The molecule has 9 heteroatoms. The molecule has 0 fully saturated rings. The summed E-state index contributed by atoms with van der Waals surface area (Å²) >= 11 is 2.15. The molecular formula is C35H38IN3O4S. The Morgan fingerprint density at radius 2 is 1.43 bits per heavy atom. The number of rotatable bonds is 13. The first kappa shape index (κ1) is 33.2. The fourth-order valence-electron chi connectivity index (χ4n) is 4.84. The largest absolute Gasteiger partial charge is 0.354 e. The number of carbonyl (C=O) groups is 2. The third-order valence-electron chi connectivity index (χ3n) is 7.12. The highest BCUT2D eigenvalue weighted by molar-refractivity contribution is 14.1. The van der Waals surface area contributed by atoms with Crippen LogP contribution >= 0.6 is 22.6 Å². The van der Waals surface area contributed by atoms with Crippen molar-refractivity contribution in [3.63, 3.8) is 0 Å². The number of nitrogens with one attached hydrogen (secondary N) is 1. The molecule has 0 radical (unpaired) electrons. The number of anilines is 1. The van der Waals surface area contributed by atoms with Crippen LogP contribution in [0.5, 0.6) is 0 Å². The van der Waals surface area contributed by atoms with Gasteiger partial charge in [-0.15, -0.1) is 0 Å². The Bertz CT molecular complexity index is 1650. The Kier molecular flexibility index (Phi) is 11.6. The molecule has 230 valence electrons. The average molecular weight is 724 g/mol. The lowest BCUT2D eigenvalue weighted by molar-refractivity contribution is -0.140. The van der Waals surface area contributed by atoms with E-state index in [1.165, 1.54) is 17.0 Å². The number of halogens is 1. The summed E-state index contributed by atoms with van der Waals surface area (Å²) in [7, 11) is -4.12. The summed E-state index contributed by atoms with van der Waals surface area (Å²) in [5.74, 6) is -0.551. The lowest BCUT2D eigenvalue weighted by Crippen LogP contribution is -2.53. The Hall–Kier alpha value is -3.70. The number of carbonyl (C=O) groups excluding carboxylic acids is 2. The van der Waals surface area contributed by atoms with Crippen LogP contribution in [0.25, 0.3) is 0 Å². The standard InChI is InChI=1S/C35H38IN3O4S/c1-26(2)23-37-35(41)33(22-28-12-6-4-7-13-28)38(24-29-14-10-11-27(3)21-29)34(40)25-39(31-19-17-30(36)18-20-31)44(42,43)32-15-8-5-9-16-32/h4-21,26,33H,22-25H2,1-3H3,(H,37,41)/t33-/m1/s1. The second-order valence-electron chi connectivity index (χ2n) is 11.2. The van der Waals surface area contributed by atoms with Gasteiger partial charge in [0.2, 0.25) is 11.8 Å². The molecule has 1 N–H and O–H groups in total. The normalized spacial score (nSPS) is 12.0. The molecule has 1 atom stereocenters. The molecule has 2 amide bonds. The van der Waals surface area contributed by atoms with Gasteiger partial charge in [0, 0.05) is 23.1 Å². The molecule has 0 bridgehead atoms. The van der Waals surface area contributed by atoms with Crippen LogP contribution in [0.2, 0.25) is 0 Å². The molecule has 0 saturated carbocycles. The molecule has 7 nitrogen and oxygen atoms in total. The number of hydrogen-bond acceptors (Lipinski definition) is 4. The zero-order valence-electron chi connectivity index (χ0n) is 25.2. The number of aryl methyl sites for hydroxylation is 1. The van der Waals surface area contributed by atoms with Gasteiger partial charge < -0.3 is 10.2 Å². The summed E-state index contributed by atoms with van der Waals surface area (Å²) in [6, 6.07) is 31.5. The van der Waals surface area contributed by atoms with Gasteiger partial charge in [-0.05, 0) is 83.0 Å². The van der Waals surface area contributed by atoms with E-state index in [0.29, 0.717) is 12.2 Å². The van der Waals surface area contributed by atoms with E-state index in [1.54, 1.807) is 42.5 Å². The number of sulfonamides is 1. The fourth-order valence-corrected chi connectivity index (χ4v) is 6.63. The Balaban J connectivity index is 1.79.